The Morgan fingerprint density at radius 1 is 1.14 bits per heavy atom. The number of hydrogen-bond acceptors (Lipinski definition) is 9. The van der Waals surface area contributed by atoms with Gasteiger partial charge in [0.05, 0.1) is 13.1 Å². The highest BCUT2D eigenvalue weighted by atomic mass is 32.2. The topological polar surface area (TPSA) is 71.2 Å². The number of piperazine rings is 1. The van der Waals surface area contributed by atoms with Crippen molar-refractivity contribution in [2.75, 3.05) is 32.4 Å². The molecule has 1 aliphatic rings. The SMILES string of the molecule is CSc1nnc(CN2CCN(Cc3nc(C)no3)CC2)s1. The molecule has 1 aliphatic heterocycles. The quantitative estimate of drug-likeness (QED) is 0.761. The summed E-state index contributed by atoms with van der Waals surface area (Å²) in [6.45, 7) is 7.56. The highest BCUT2D eigenvalue weighted by Crippen LogP contribution is 2.21. The molecule has 0 aliphatic carbocycles. The van der Waals surface area contributed by atoms with Crippen LogP contribution in [0.5, 0.6) is 0 Å². The molecule has 2 aromatic rings. The van der Waals surface area contributed by atoms with Gasteiger partial charge in [0, 0.05) is 26.2 Å². The zero-order valence-corrected chi connectivity index (χ0v) is 13.8. The number of aromatic nitrogens is 4. The molecule has 114 valence electrons. The van der Waals surface area contributed by atoms with Gasteiger partial charge in [0.1, 0.15) is 5.01 Å². The summed E-state index contributed by atoms with van der Waals surface area (Å²) in [5.74, 6) is 1.40. The maximum atomic E-state index is 5.17. The molecule has 0 aromatic carbocycles. The standard InChI is InChI=1S/C12H18N6OS2/c1-9-13-10(19-16-9)7-17-3-5-18(6-4-17)8-11-14-15-12(20-2)21-11/h3-8H2,1-2H3. The molecular weight excluding hydrogens is 308 g/mol. The second-order valence-corrected chi connectivity index (χ2v) is 7.07. The molecule has 0 amide bonds. The average molecular weight is 326 g/mol. The van der Waals surface area contributed by atoms with Crippen molar-refractivity contribution in [1.29, 1.82) is 0 Å². The summed E-state index contributed by atoms with van der Waals surface area (Å²) in [5, 5.41) is 13.3. The lowest BCUT2D eigenvalue weighted by molar-refractivity contribution is 0.112. The van der Waals surface area contributed by atoms with Gasteiger partial charge in [-0.15, -0.1) is 10.2 Å². The largest absolute Gasteiger partial charge is 0.338 e. The molecule has 0 spiro atoms. The molecule has 3 heterocycles. The van der Waals surface area contributed by atoms with Crippen LogP contribution < -0.4 is 0 Å². The van der Waals surface area contributed by atoms with Gasteiger partial charge < -0.3 is 4.52 Å². The number of thioether (sulfide) groups is 1. The maximum Gasteiger partial charge on any atom is 0.240 e. The van der Waals surface area contributed by atoms with Crippen molar-refractivity contribution in [3.8, 4) is 0 Å². The Morgan fingerprint density at radius 2 is 1.86 bits per heavy atom. The van der Waals surface area contributed by atoms with Gasteiger partial charge in [-0.1, -0.05) is 28.3 Å². The Hall–Kier alpha value is -1.03. The van der Waals surface area contributed by atoms with Gasteiger partial charge in [-0.3, -0.25) is 9.80 Å². The molecule has 1 fully saturated rings. The van der Waals surface area contributed by atoms with Crippen molar-refractivity contribution in [2.45, 2.75) is 24.4 Å². The van der Waals surface area contributed by atoms with Crippen LogP contribution in [0.15, 0.2) is 8.86 Å². The van der Waals surface area contributed by atoms with E-state index in [9.17, 15) is 0 Å². The van der Waals surface area contributed by atoms with Crippen molar-refractivity contribution < 1.29 is 4.52 Å². The maximum absolute atomic E-state index is 5.17. The first kappa shape index (κ1) is 14.9. The lowest BCUT2D eigenvalue weighted by Crippen LogP contribution is -2.45. The second kappa shape index (κ2) is 6.82. The molecule has 0 N–H and O–H groups in total. The van der Waals surface area contributed by atoms with Crippen LogP contribution in [-0.4, -0.2) is 62.6 Å². The second-order valence-electron chi connectivity index (χ2n) is 4.95. The van der Waals surface area contributed by atoms with Crippen LogP contribution in [0.3, 0.4) is 0 Å². The number of aryl methyl sites for hydroxylation is 1. The fourth-order valence-electron chi connectivity index (χ4n) is 2.28. The van der Waals surface area contributed by atoms with Crippen LogP contribution in [0.25, 0.3) is 0 Å². The van der Waals surface area contributed by atoms with Crippen LogP contribution in [0, 0.1) is 6.92 Å². The summed E-state index contributed by atoms with van der Waals surface area (Å²) >= 11 is 3.34. The number of nitrogens with zero attached hydrogens (tertiary/aromatic N) is 6. The smallest absolute Gasteiger partial charge is 0.240 e. The van der Waals surface area contributed by atoms with Crippen molar-refractivity contribution in [1.82, 2.24) is 30.1 Å². The van der Waals surface area contributed by atoms with Gasteiger partial charge in [-0.25, -0.2) is 0 Å². The van der Waals surface area contributed by atoms with Crippen LogP contribution >= 0.6 is 23.1 Å². The lowest BCUT2D eigenvalue weighted by atomic mass is 10.3. The summed E-state index contributed by atoms with van der Waals surface area (Å²) in [6, 6.07) is 0. The minimum absolute atomic E-state index is 0.699. The number of rotatable bonds is 5. The predicted molar refractivity (Wildman–Crippen MR) is 81.3 cm³/mol. The molecule has 1 saturated heterocycles. The average Bonchev–Trinajstić information content (AvgIpc) is 3.10. The fraction of sp³-hybridized carbons (Fsp3) is 0.667. The molecule has 2 aromatic heterocycles. The molecule has 0 bridgehead atoms. The molecule has 0 saturated carbocycles. The minimum atomic E-state index is 0.699. The lowest BCUT2D eigenvalue weighted by Gasteiger charge is -2.33. The van der Waals surface area contributed by atoms with E-state index in [4.69, 9.17) is 4.52 Å². The summed E-state index contributed by atoms with van der Waals surface area (Å²) in [5.41, 5.74) is 0. The van der Waals surface area contributed by atoms with E-state index < -0.39 is 0 Å². The molecule has 7 nitrogen and oxygen atoms in total. The van der Waals surface area contributed by atoms with Crippen molar-refractivity contribution in [2.24, 2.45) is 0 Å². The van der Waals surface area contributed by atoms with Gasteiger partial charge in [0.15, 0.2) is 10.2 Å². The van der Waals surface area contributed by atoms with Crippen LogP contribution in [-0.2, 0) is 13.1 Å². The fourth-order valence-corrected chi connectivity index (χ4v) is 3.63. The van der Waals surface area contributed by atoms with E-state index in [1.807, 2.05) is 13.2 Å². The highest BCUT2D eigenvalue weighted by molar-refractivity contribution is 8.00. The first-order valence-corrected chi connectivity index (χ1v) is 8.87. The summed E-state index contributed by atoms with van der Waals surface area (Å²) in [6.07, 6.45) is 2.03. The van der Waals surface area contributed by atoms with Gasteiger partial charge in [0.25, 0.3) is 0 Å². The zero-order valence-electron chi connectivity index (χ0n) is 12.2. The Bertz CT molecular complexity index is 578. The van der Waals surface area contributed by atoms with Gasteiger partial charge in [0.2, 0.25) is 5.89 Å². The van der Waals surface area contributed by atoms with E-state index in [-0.39, 0.29) is 0 Å². The van der Waals surface area contributed by atoms with Crippen LogP contribution in [0.2, 0.25) is 0 Å². The van der Waals surface area contributed by atoms with Crippen molar-refractivity contribution in [3.05, 3.63) is 16.7 Å². The first-order chi connectivity index (χ1) is 10.2. The monoisotopic (exact) mass is 326 g/mol. The van der Waals surface area contributed by atoms with Gasteiger partial charge in [-0.05, 0) is 13.2 Å². The minimum Gasteiger partial charge on any atom is -0.338 e. The molecule has 0 radical (unpaired) electrons. The Kier molecular flexibility index (Phi) is 4.84. The summed E-state index contributed by atoms with van der Waals surface area (Å²) in [4.78, 5) is 9.01. The molecule has 21 heavy (non-hydrogen) atoms. The molecule has 3 rings (SSSR count). The van der Waals surface area contributed by atoms with E-state index in [2.05, 4.69) is 30.1 Å². The molecule has 0 unspecified atom stereocenters. The van der Waals surface area contributed by atoms with E-state index in [0.717, 1.165) is 48.6 Å². The third-order valence-corrected chi connectivity index (χ3v) is 5.26. The van der Waals surface area contributed by atoms with Crippen molar-refractivity contribution >= 4 is 23.1 Å². The van der Waals surface area contributed by atoms with E-state index in [1.165, 1.54) is 0 Å². The Morgan fingerprint density at radius 3 is 2.43 bits per heavy atom. The molecular formula is C12H18N6OS2. The first-order valence-electron chi connectivity index (χ1n) is 6.83. The zero-order chi connectivity index (χ0) is 14.7. The van der Waals surface area contributed by atoms with E-state index in [0.29, 0.717) is 11.7 Å². The summed E-state index contributed by atoms with van der Waals surface area (Å²) in [7, 11) is 0. The van der Waals surface area contributed by atoms with Gasteiger partial charge >= 0.3 is 0 Å². The van der Waals surface area contributed by atoms with Crippen LogP contribution in [0.1, 0.15) is 16.7 Å². The third-order valence-electron chi connectivity index (χ3n) is 3.38. The number of hydrogen-bond donors (Lipinski definition) is 0. The van der Waals surface area contributed by atoms with E-state index >= 15 is 0 Å². The highest BCUT2D eigenvalue weighted by Gasteiger charge is 2.20. The normalized spacial score (nSPS) is 17.4. The van der Waals surface area contributed by atoms with Gasteiger partial charge in [-0.2, -0.15) is 4.98 Å². The van der Waals surface area contributed by atoms with Crippen molar-refractivity contribution in [3.63, 3.8) is 0 Å². The molecule has 0 atom stereocenters. The Labute approximate surface area is 131 Å². The van der Waals surface area contributed by atoms with E-state index in [1.54, 1.807) is 23.1 Å². The Balaban J connectivity index is 1.46. The third kappa shape index (κ3) is 4.00. The summed E-state index contributed by atoms with van der Waals surface area (Å²) < 4.78 is 6.21. The predicted octanol–water partition coefficient (Wildman–Crippen LogP) is 1.27. The molecule has 9 heteroatoms. The van der Waals surface area contributed by atoms with Crippen LogP contribution in [0.4, 0.5) is 0 Å².